The average molecular weight is 297 g/mol. The first-order valence-corrected chi connectivity index (χ1v) is 7.94. The van der Waals surface area contributed by atoms with Crippen molar-refractivity contribution in [2.75, 3.05) is 31.2 Å². The number of anilines is 1. The molecule has 0 radical (unpaired) electrons. The molecule has 0 aliphatic rings. The van der Waals surface area contributed by atoms with Crippen LogP contribution in [0, 0.1) is 11.3 Å². The van der Waals surface area contributed by atoms with Gasteiger partial charge in [-0.15, -0.1) is 0 Å². The molecule has 1 aromatic rings. The normalized spacial score (nSPS) is 11.2. The number of nitriles is 1. The lowest BCUT2D eigenvalue weighted by atomic mass is 10.3. The number of hydrogen-bond acceptors (Lipinski definition) is 5. The Morgan fingerprint density at radius 1 is 1.40 bits per heavy atom. The highest BCUT2D eigenvalue weighted by Crippen LogP contribution is 2.19. The van der Waals surface area contributed by atoms with Gasteiger partial charge in [0.15, 0.2) is 0 Å². The second-order valence-electron chi connectivity index (χ2n) is 4.10. The molecule has 0 bridgehead atoms. The van der Waals surface area contributed by atoms with Gasteiger partial charge in [0.25, 0.3) is 0 Å². The number of benzene rings is 1. The Morgan fingerprint density at radius 2 is 2.10 bits per heavy atom. The molecule has 6 nitrogen and oxygen atoms in total. The van der Waals surface area contributed by atoms with E-state index in [1.807, 2.05) is 6.07 Å². The lowest BCUT2D eigenvalue weighted by Crippen LogP contribution is -2.35. The van der Waals surface area contributed by atoms with Crippen molar-refractivity contribution in [1.82, 2.24) is 4.31 Å². The second-order valence-corrected chi connectivity index (χ2v) is 6.19. The molecular formula is C13H19N3O3S. The minimum absolute atomic E-state index is 0.0274. The van der Waals surface area contributed by atoms with E-state index in [4.69, 9.17) is 15.7 Å². The van der Waals surface area contributed by atoms with E-state index in [2.05, 4.69) is 0 Å². The predicted octanol–water partition coefficient (Wildman–Crippen LogP) is 1.21. The summed E-state index contributed by atoms with van der Waals surface area (Å²) in [6.45, 7) is 2.32. The van der Waals surface area contributed by atoms with Crippen LogP contribution in [0.1, 0.15) is 13.3 Å². The summed E-state index contributed by atoms with van der Waals surface area (Å²) < 4.78 is 30.8. The van der Waals surface area contributed by atoms with Crippen LogP contribution >= 0.6 is 0 Å². The standard InChI is InChI=1S/C13H19N3O3S/c1-2-16(9-5-8-14)20(17,18)11-10-19-13-7-4-3-6-12(13)15/h3-4,6-7H,2,5,9-11,15H2,1H3. The second kappa shape index (κ2) is 7.72. The molecule has 0 saturated heterocycles. The van der Waals surface area contributed by atoms with Gasteiger partial charge in [-0.2, -0.15) is 5.26 Å². The Kier molecular flexibility index (Phi) is 6.28. The van der Waals surface area contributed by atoms with Gasteiger partial charge in [-0.05, 0) is 12.1 Å². The Morgan fingerprint density at radius 3 is 2.70 bits per heavy atom. The minimum Gasteiger partial charge on any atom is -0.490 e. The summed E-state index contributed by atoms with van der Waals surface area (Å²) in [4.78, 5) is 0. The molecule has 0 fully saturated rings. The highest BCUT2D eigenvalue weighted by atomic mass is 32.2. The van der Waals surface area contributed by atoms with Crippen molar-refractivity contribution < 1.29 is 13.2 Å². The minimum atomic E-state index is -3.41. The average Bonchev–Trinajstić information content (AvgIpc) is 2.41. The fraction of sp³-hybridized carbons (Fsp3) is 0.462. The lowest BCUT2D eigenvalue weighted by molar-refractivity contribution is 0.337. The molecule has 1 aromatic carbocycles. The van der Waals surface area contributed by atoms with Gasteiger partial charge in [0, 0.05) is 19.5 Å². The van der Waals surface area contributed by atoms with Gasteiger partial charge in [-0.1, -0.05) is 19.1 Å². The first kappa shape index (κ1) is 16.3. The molecule has 0 aliphatic heterocycles. The third-order valence-electron chi connectivity index (χ3n) is 2.74. The first-order valence-electron chi connectivity index (χ1n) is 6.33. The largest absolute Gasteiger partial charge is 0.490 e. The Hall–Kier alpha value is -1.78. The molecular weight excluding hydrogens is 278 g/mol. The van der Waals surface area contributed by atoms with Crippen LogP contribution in [0.3, 0.4) is 0 Å². The van der Waals surface area contributed by atoms with Crippen molar-refractivity contribution in [3.63, 3.8) is 0 Å². The Balaban J connectivity index is 2.55. The van der Waals surface area contributed by atoms with Crippen molar-refractivity contribution >= 4 is 15.7 Å². The quantitative estimate of drug-likeness (QED) is 0.728. The van der Waals surface area contributed by atoms with Crippen LogP contribution in [0.15, 0.2) is 24.3 Å². The van der Waals surface area contributed by atoms with E-state index in [9.17, 15) is 8.42 Å². The van der Waals surface area contributed by atoms with E-state index in [0.717, 1.165) is 0 Å². The summed E-state index contributed by atoms with van der Waals surface area (Å²) in [7, 11) is -3.41. The van der Waals surface area contributed by atoms with Crippen LogP contribution in [0.2, 0.25) is 0 Å². The molecule has 2 N–H and O–H groups in total. The van der Waals surface area contributed by atoms with Crippen molar-refractivity contribution in [1.29, 1.82) is 5.26 Å². The number of rotatable bonds is 8. The first-order chi connectivity index (χ1) is 9.51. The van der Waals surface area contributed by atoms with Gasteiger partial charge < -0.3 is 10.5 Å². The van der Waals surface area contributed by atoms with Crippen LogP contribution in [-0.2, 0) is 10.0 Å². The molecule has 110 valence electrons. The maximum Gasteiger partial charge on any atom is 0.217 e. The van der Waals surface area contributed by atoms with Gasteiger partial charge in [-0.25, -0.2) is 12.7 Å². The number of hydrogen-bond donors (Lipinski definition) is 1. The molecule has 0 amide bonds. The van der Waals surface area contributed by atoms with E-state index >= 15 is 0 Å². The summed E-state index contributed by atoms with van der Waals surface area (Å²) in [5, 5.41) is 8.52. The fourth-order valence-corrected chi connectivity index (χ4v) is 2.98. The van der Waals surface area contributed by atoms with Crippen LogP contribution in [0.5, 0.6) is 5.75 Å². The van der Waals surface area contributed by atoms with E-state index in [0.29, 0.717) is 18.0 Å². The molecule has 7 heteroatoms. The zero-order valence-electron chi connectivity index (χ0n) is 11.4. The molecule has 0 unspecified atom stereocenters. The number of nitrogen functional groups attached to an aromatic ring is 1. The molecule has 1 rings (SSSR count). The van der Waals surface area contributed by atoms with Gasteiger partial charge in [-0.3, -0.25) is 0 Å². The molecule has 0 saturated carbocycles. The van der Waals surface area contributed by atoms with Crippen molar-refractivity contribution in [3.05, 3.63) is 24.3 Å². The molecule has 0 aromatic heterocycles. The number of para-hydroxylation sites is 2. The Bertz CT molecular complexity index is 566. The SMILES string of the molecule is CCN(CCC#N)S(=O)(=O)CCOc1ccccc1N. The molecule has 0 spiro atoms. The smallest absolute Gasteiger partial charge is 0.217 e. The van der Waals surface area contributed by atoms with Gasteiger partial charge in [0.05, 0.1) is 17.5 Å². The third kappa shape index (κ3) is 4.72. The Labute approximate surface area is 119 Å². The molecule has 20 heavy (non-hydrogen) atoms. The lowest BCUT2D eigenvalue weighted by Gasteiger charge is -2.19. The number of nitrogens with two attached hydrogens (primary N) is 1. The van der Waals surface area contributed by atoms with Crippen LogP contribution < -0.4 is 10.5 Å². The van der Waals surface area contributed by atoms with Crippen molar-refractivity contribution in [2.45, 2.75) is 13.3 Å². The summed E-state index contributed by atoms with van der Waals surface area (Å²) in [5.41, 5.74) is 6.17. The third-order valence-corrected chi connectivity index (χ3v) is 4.65. The van der Waals surface area contributed by atoms with E-state index < -0.39 is 10.0 Å². The summed E-state index contributed by atoms with van der Waals surface area (Å²) in [6, 6.07) is 8.87. The van der Waals surface area contributed by atoms with E-state index in [1.165, 1.54) is 4.31 Å². The number of ether oxygens (including phenoxy) is 1. The maximum absolute atomic E-state index is 12.0. The predicted molar refractivity (Wildman–Crippen MR) is 77.6 cm³/mol. The number of sulfonamides is 1. The fourth-order valence-electron chi connectivity index (χ4n) is 1.67. The van der Waals surface area contributed by atoms with E-state index in [1.54, 1.807) is 31.2 Å². The van der Waals surface area contributed by atoms with Crippen molar-refractivity contribution in [3.8, 4) is 11.8 Å². The van der Waals surface area contributed by atoms with Gasteiger partial charge in [0.2, 0.25) is 10.0 Å². The van der Waals surface area contributed by atoms with Gasteiger partial charge in [0.1, 0.15) is 12.4 Å². The van der Waals surface area contributed by atoms with E-state index in [-0.39, 0.29) is 25.3 Å². The number of nitrogens with zero attached hydrogens (tertiary/aromatic N) is 2. The molecule has 0 aliphatic carbocycles. The van der Waals surface area contributed by atoms with Crippen LogP contribution in [-0.4, -0.2) is 38.2 Å². The zero-order valence-corrected chi connectivity index (χ0v) is 12.3. The monoisotopic (exact) mass is 297 g/mol. The summed E-state index contributed by atoms with van der Waals surface area (Å²) in [5.74, 6) is 0.336. The highest BCUT2D eigenvalue weighted by molar-refractivity contribution is 7.89. The zero-order chi connectivity index (χ0) is 15.0. The summed E-state index contributed by atoms with van der Waals surface area (Å²) in [6.07, 6.45) is 0.180. The van der Waals surface area contributed by atoms with Gasteiger partial charge >= 0.3 is 0 Å². The molecule has 0 atom stereocenters. The maximum atomic E-state index is 12.0. The molecule has 0 heterocycles. The highest BCUT2D eigenvalue weighted by Gasteiger charge is 2.20. The summed E-state index contributed by atoms with van der Waals surface area (Å²) >= 11 is 0. The topological polar surface area (TPSA) is 96.4 Å². The van der Waals surface area contributed by atoms with Crippen LogP contribution in [0.4, 0.5) is 5.69 Å². The van der Waals surface area contributed by atoms with Crippen LogP contribution in [0.25, 0.3) is 0 Å². The van der Waals surface area contributed by atoms with Crippen molar-refractivity contribution in [2.24, 2.45) is 0 Å².